The van der Waals surface area contributed by atoms with E-state index in [1.807, 2.05) is 0 Å². The Balaban J connectivity index is 1.56. The lowest BCUT2D eigenvalue weighted by atomic mass is 9.98. The molecule has 1 fully saturated rings. The van der Waals surface area contributed by atoms with Gasteiger partial charge in [0.1, 0.15) is 0 Å². The van der Waals surface area contributed by atoms with Gasteiger partial charge in [0.2, 0.25) is 0 Å². The molecule has 2 aromatic rings. The summed E-state index contributed by atoms with van der Waals surface area (Å²) in [6.45, 7) is 2.66. The Labute approximate surface area is 162 Å². The third kappa shape index (κ3) is 5.87. The first-order valence-electron chi connectivity index (χ1n) is 9.74. The van der Waals surface area contributed by atoms with Gasteiger partial charge in [0, 0.05) is 18.0 Å². The van der Waals surface area contributed by atoms with Crippen molar-refractivity contribution in [2.24, 2.45) is 0 Å². The maximum Gasteiger partial charge on any atom is 0.0723 e. The molecule has 140 valence electrons. The zero-order chi connectivity index (χ0) is 18.2. The van der Waals surface area contributed by atoms with Crippen LogP contribution in [0.3, 0.4) is 0 Å². The van der Waals surface area contributed by atoms with Crippen LogP contribution in [0, 0.1) is 0 Å². The van der Waals surface area contributed by atoms with Gasteiger partial charge < -0.3 is 4.74 Å². The largest absolute Gasteiger partial charge is 0.374 e. The van der Waals surface area contributed by atoms with Gasteiger partial charge in [-0.3, -0.25) is 4.90 Å². The third-order valence-electron chi connectivity index (χ3n) is 5.20. The summed E-state index contributed by atoms with van der Waals surface area (Å²) in [5, 5.41) is 0. The molecule has 3 rings (SSSR count). The van der Waals surface area contributed by atoms with E-state index in [-0.39, 0.29) is 0 Å². The van der Waals surface area contributed by atoms with Crippen molar-refractivity contribution >= 4 is 11.8 Å². The molecule has 0 amide bonds. The molecule has 0 atom stereocenters. The van der Waals surface area contributed by atoms with Crippen molar-refractivity contribution in [3.05, 3.63) is 65.2 Å². The summed E-state index contributed by atoms with van der Waals surface area (Å²) >= 11 is 1.79. The fourth-order valence-corrected chi connectivity index (χ4v) is 4.09. The van der Waals surface area contributed by atoms with Crippen LogP contribution in [-0.2, 0) is 24.4 Å². The molecule has 26 heavy (non-hydrogen) atoms. The van der Waals surface area contributed by atoms with Gasteiger partial charge >= 0.3 is 0 Å². The maximum atomic E-state index is 6.21. The van der Waals surface area contributed by atoms with Crippen LogP contribution in [0.25, 0.3) is 0 Å². The first kappa shape index (κ1) is 19.5. The summed E-state index contributed by atoms with van der Waals surface area (Å²) in [5.41, 5.74) is 4.08. The minimum absolute atomic E-state index is 0.462. The predicted octanol–water partition coefficient (Wildman–Crippen LogP) is 5.89. The number of ether oxygens (including phenoxy) is 1. The van der Waals surface area contributed by atoms with E-state index in [1.165, 1.54) is 53.7 Å². The van der Waals surface area contributed by atoms with Gasteiger partial charge in [-0.05, 0) is 55.0 Å². The highest BCUT2D eigenvalue weighted by Crippen LogP contribution is 2.23. The van der Waals surface area contributed by atoms with Crippen LogP contribution < -0.4 is 0 Å². The molecule has 0 aromatic heterocycles. The molecule has 0 heterocycles. The number of hydrogen-bond donors (Lipinski definition) is 0. The molecule has 1 saturated carbocycles. The number of rotatable bonds is 8. The average molecular weight is 370 g/mol. The highest BCUT2D eigenvalue weighted by Gasteiger charge is 2.14. The van der Waals surface area contributed by atoms with E-state index >= 15 is 0 Å². The van der Waals surface area contributed by atoms with Gasteiger partial charge in [-0.25, -0.2) is 0 Å². The summed E-state index contributed by atoms with van der Waals surface area (Å²) in [7, 11) is 2.20. The maximum absolute atomic E-state index is 6.21. The number of benzene rings is 2. The summed E-state index contributed by atoms with van der Waals surface area (Å²) in [6, 6.07) is 17.6. The lowest BCUT2D eigenvalue weighted by Gasteiger charge is -2.23. The van der Waals surface area contributed by atoms with Crippen molar-refractivity contribution in [1.29, 1.82) is 0 Å². The second kappa shape index (κ2) is 10.1. The smallest absolute Gasteiger partial charge is 0.0723 e. The monoisotopic (exact) mass is 369 g/mol. The fourth-order valence-electron chi connectivity index (χ4n) is 3.68. The van der Waals surface area contributed by atoms with E-state index in [0.29, 0.717) is 6.10 Å². The minimum Gasteiger partial charge on any atom is -0.374 e. The fraction of sp³-hybridized carbons (Fsp3) is 0.478. The first-order chi connectivity index (χ1) is 12.7. The lowest BCUT2D eigenvalue weighted by molar-refractivity contribution is 0.0163. The minimum atomic E-state index is 0.462. The Bertz CT molecular complexity index is 664. The van der Waals surface area contributed by atoms with Crippen LogP contribution in [0.1, 0.15) is 48.8 Å². The van der Waals surface area contributed by atoms with Gasteiger partial charge in [0.05, 0.1) is 12.7 Å². The number of nitrogens with zero attached hydrogens (tertiary/aromatic N) is 1. The SMILES string of the molecule is CSc1ccc(CN(C)Cc2ccccc2COC2CCCCC2)cc1. The standard InChI is InChI=1S/C23H31NOS/c1-24(16-19-12-14-23(26-2)15-13-19)17-20-8-6-7-9-21(20)18-25-22-10-4-3-5-11-22/h6-9,12-15,22H,3-5,10-11,16-18H2,1-2H3. The molecule has 0 aliphatic heterocycles. The molecule has 0 radical (unpaired) electrons. The van der Waals surface area contributed by atoms with Crippen molar-refractivity contribution in [2.45, 2.75) is 62.8 Å². The summed E-state index contributed by atoms with van der Waals surface area (Å²) in [4.78, 5) is 3.70. The van der Waals surface area contributed by atoms with Crippen LogP contribution in [0.2, 0.25) is 0 Å². The van der Waals surface area contributed by atoms with Crippen molar-refractivity contribution < 1.29 is 4.74 Å². The van der Waals surface area contributed by atoms with Gasteiger partial charge in [0.25, 0.3) is 0 Å². The Morgan fingerprint density at radius 2 is 1.62 bits per heavy atom. The molecule has 3 heteroatoms. The highest BCUT2D eigenvalue weighted by molar-refractivity contribution is 7.98. The quantitative estimate of drug-likeness (QED) is 0.538. The van der Waals surface area contributed by atoms with Crippen molar-refractivity contribution in [2.75, 3.05) is 13.3 Å². The second-order valence-corrected chi connectivity index (χ2v) is 8.24. The molecule has 0 unspecified atom stereocenters. The van der Waals surface area contributed by atoms with E-state index in [4.69, 9.17) is 4.74 Å². The van der Waals surface area contributed by atoms with E-state index in [9.17, 15) is 0 Å². The molecule has 0 saturated heterocycles. The molecule has 1 aliphatic rings. The first-order valence-corrected chi connectivity index (χ1v) is 11.0. The van der Waals surface area contributed by atoms with Gasteiger partial charge in [-0.1, -0.05) is 55.7 Å². The molecule has 2 nitrogen and oxygen atoms in total. The van der Waals surface area contributed by atoms with Crippen LogP contribution >= 0.6 is 11.8 Å². The van der Waals surface area contributed by atoms with Crippen molar-refractivity contribution in [3.63, 3.8) is 0 Å². The van der Waals surface area contributed by atoms with E-state index in [2.05, 4.69) is 66.7 Å². The zero-order valence-corrected chi connectivity index (χ0v) is 16.9. The lowest BCUT2D eigenvalue weighted by Crippen LogP contribution is -2.20. The number of thioether (sulfide) groups is 1. The van der Waals surface area contributed by atoms with Gasteiger partial charge in [-0.15, -0.1) is 11.8 Å². The van der Waals surface area contributed by atoms with Crippen LogP contribution in [0.15, 0.2) is 53.4 Å². The Kier molecular flexibility index (Phi) is 7.60. The molecule has 0 spiro atoms. The molecule has 0 bridgehead atoms. The Hall–Kier alpha value is -1.29. The third-order valence-corrected chi connectivity index (χ3v) is 5.94. The normalized spacial score (nSPS) is 15.5. The zero-order valence-electron chi connectivity index (χ0n) is 16.1. The molecule has 2 aromatic carbocycles. The number of hydrogen-bond acceptors (Lipinski definition) is 3. The predicted molar refractivity (Wildman–Crippen MR) is 111 cm³/mol. The van der Waals surface area contributed by atoms with E-state index in [1.54, 1.807) is 11.8 Å². The summed E-state index contributed by atoms with van der Waals surface area (Å²) in [5.74, 6) is 0. The summed E-state index contributed by atoms with van der Waals surface area (Å²) in [6.07, 6.45) is 9.06. The average Bonchev–Trinajstić information content (AvgIpc) is 2.68. The van der Waals surface area contributed by atoms with Gasteiger partial charge in [0.15, 0.2) is 0 Å². The topological polar surface area (TPSA) is 12.5 Å². The molecular weight excluding hydrogens is 338 g/mol. The van der Waals surface area contributed by atoms with E-state index < -0.39 is 0 Å². The molecular formula is C23H31NOS. The summed E-state index contributed by atoms with van der Waals surface area (Å²) < 4.78 is 6.21. The van der Waals surface area contributed by atoms with E-state index in [0.717, 1.165) is 19.7 Å². The van der Waals surface area contributed by atoms with Crippen LogP contribution in [0.5, 0.6) is 0 Å². The second-order valence-electron chi connectivity index (χ2n) is 7.36. The van der Waals surface area contributed by atoms with Crippen LogP contribution in [-0.4, -0.2) is 24.3 Å². The Morgan fingerprint density at radius 3 is 2.31 bits per heavy atom. The van der Waals surface area contributed by atoms with Crippen LogP contribution in [0.4, 0.5) is 0 Å². The van der Waals surface area contributed by atoms with Crippen molar-refractivity contribution in [3.8, 4) is 0 Å². The highest BCUT2D eigenvalue weighted by atomic mass is 32.2. The van der Waals surface area contributed by atoms with Gasteiger partial charge in [-0.2, -0.15) is 0 Å². The Morgan fingerprint density at radius 1 is 0.923 bits per heavy atom. The van der Waals surface area contributed by atoms with Crippen molar-refractivity contribution in [1.82, 2.24) is 4.90 Å². The molecule has 1 aliphatic carbocycles. The molecule has 0 N–H and O–H groups in total.